The maximum atomic E-state index is 11.2. The topological polar surface area (TPSA) is 74.4 Å². The van der Waals surface area contributed by atoms with E-state index in [4.69, 9.17) is 10.5 Å². The molecule has 0 fully saturated rings. The first-order chi connectivity index (χ1) is 7.60. The van der Waals surface area contributed by atoms with E-state index in [0.717, 1.165) is 0 Å². The van der Waals surface area contributed by atoms with Crippen molar-refractivity contribution in [2.75, 3.05) is 19.5 Å². The number of pyridine rings is 1. The Balaban J connectivity index is 2.99. The molecule has 1 aromatic heterocycles. The number of carbonyl (C=O) groups excluding carboxylic acids is 1. The lowest BCUT2D eigenvalue weighted by Gasteiger charge is -2.08. The lowest BCUT2D eigenvalue weighted by atomic mass is 10.2. The molecule has 16 heavy (non-hydrogen) atoms. The van der Waals surface area contributed by atoms with E-state index in [1.165, 1.54) is 19.4 Å². The summed E-state index contributed by atoms with van der Waals surface area (Å²) in [7, 11) is 1.29. The minimum absolute atomic E-state index is 0.232. The van der Waals surface area contributed by atoms with Crippen molar-refractivity contribution in [3.8, 4) is 0 Å². The van der Waals surface area contributed by atoms with Gasteiger partial charge in [-0.25, -0.2) is 4.79 Å². The Morgan fingerprint density at radius 2 is 2.31 bits per heavy atom. The summed E-state index contributed by atoms with van der Waals surface area (Å²) < 4.78 is 9.73. The van der Waals surface area contributed by atoms with Gasteiger partial charge in [0, 0.05) is 11.9 Å². The molecule has 86 valence electrons. The van der Waals surface area contributed by atoms with Crippen molar-refractivity contribution in [2.45, 2.75) is 6.92 Å². The van der Waals surface area contributed by atoms with E-state index >= 15 is 0 Å². The summed E-state index contributed by atoms with van der Waals surface area (Å²) in [5.74, 6) is -0.0933. The summed E-state index contributed by atoms with van der Waals surface area (Å²) in [6, 6.07) is 1.53. The van der Waals surface area contributed by atoms with Crippen LogP contribution in [0.15, 0.2) is 18.8 Å². The number of nitrogens with two attached hydrogens (primary N) is 1. The van der Waals surface area contributed by atoms with Crippen molar-refractivity contribution in [2.24, 2.45) is 0 Å². The minimum atomic E-state index is -0.515. The van der Waals surface area contributed by atoms with Gasteiger partial charge in [0.25, 0.3) is 0 Å². The lowest BCUT2D eigenvalue weighted by Crippen LogP contribution is -2.07. The highest BCUT2D eigenvalue weighted by atomic mass is 16.5. The average molecular weight is 222 g/mol. The van der Waals surface area contributed by atoms with Crippen LogP contribution in [0.4, 0.5) is 5.69 Å². The van der Waals surface area contributed by atoms with Crippen LogP contribution in [-0.2, 0) is 9.47 Å². The average Bonchev–Trinajstić information content (AvgIpc) is 2.28. The van der Waals surface area contributed by atoms with E-state index in [0.29, 0.717) is 18.1 Å². The molecule has 1 rings (SSSR count). The molecule has 0 unspecified atom stereocenters. The van der Waals surface area contributed by atoms with Crippen LogP contribution in [0, 0.1) is 0 Å². The van der Waals surface area contributed by atoms with E-state index < -0.39 is 5.97 Å². The van der Waals surface area contributed by atoms with Gasteiger partial charge in [-0.2, -0.15) is 0 Å². The molecular formula is C11H14N2O3. The summed E-state index contributed by atoms with van der Waals surface area (Å²) in [5.41, 5.74) is 6.72. The Kier molecular flexibility index (Phi) is 3.88. The van der Waals surface area contributed by atoms with Crippen LogP contribution >= 0.6 is 0 Å². The van der Waals surface area contributed by atoms with Crippen LogP contribution in [-0.4, -0.2) is 24.7 Å². The predicted molar refractivity (Wildman–Crippen MR) is 60.6 cm³/mol. The SMILES string of the molecule is C=C(OCC)c1cc(N)c(C(=O)OC)cn1. The Morgan fingerprint density at radius 3 is 2.81 bits per heavy atom. The molecular weight excluding hydrogens is 208 g/mol. The second kappa shape index (κ2) is 5.16. The lowest BCUT2D eigenvalue weighted by molar-refractivity contribution is 0.0601. The number of rotatable bonds is 4. The van der Waals surface area contributed by atoms with Crippen LogP contribution in [0.2, 0.25) is 0 Å². The van der Waals surface area contributed by atoms with Gasteiger partial charge in [-0.05, 0) is 13.0 Å². The van der Waals surface area contributed by atoms with Crippen molar-refractivity contribution in [3.63, 3.8) is 0 Å². The van der Waals surface area contributed by atoms with Gasteiger partial charge in [0.1, 0.15) is 17.0 Å². The highest BCUT2D eigenvalue weighted by Crippen LogP contribution is 2.18. The van der Waals surface area contributed by atoms with Crippen molar-refractivity contribution in [3.05, 3.63) is 30.1 Å². The molecule has 1 heterocycles. The number of nitrogen functional groups attached to an aromatic ring is 1. The molecule has 0 saturated carbocycles. The number of aromatic nitrogens is 1. The molecule has 5 nitrogen and oxygen atoms in total. The first-order valence-corrected chi connectivity index (χ1v) is 4.76. The maximum absolute atomic E-state index is 11.2. The third-order valence-electron chi connectivity index (χ3n) is 1.95. The Labute approximate surface area is 93.9 Å². The molecule has 0 aliphatic carbocycles. The van der Waals surface area contributed by atoms with Crippen molar-refractivity contribution < 1.29 is 14.3 Å². The highest BCUT2D eigenvalue weighted by Gasteiger charge is 2.12. The minimum Gasteiger partial charge on any atom is -0.492 e. The predicted octanol–water partition coefficient (Wildman–Crippen LogP) is 1.46. The smallest absolute Gasteiger partial charge is 0.341 e. The molecule has 5 heteroatoms. The largest absolute Gasteiger partial charge is 0.492 e. The van der Waals surface area contributed by atoms with E-state index in [2.05, 4.69) is 16.3 Å². The van der Waals surface area contributed by atoms with Gasteiger partial charge in [-0.15, -0.1) is 0 Å². The molecule has 0 aliphatic rings. The first-order valence-electron chi connectivity index (χ1n) is 4.76. The highest BCUT2D eigenvalue weighted by molar-refractivity contribution is 5.94. The molecule has 0 spiro atoms. The van der Waals surface area contributed by atoms with Gasteiger partial charge in [-0.3, -0.25) is 4.98 Å². The summed E-state index contributed by atoms with van der Waals surface area (Å²) in [6.45, 7) is 6.04. The molecule has 0 saturated heterocycles. The maximum Gasteiger partial charge on any atom is 0.341 e. The third-order valence-corrected chi connectivity index (χ3v) is 1.95. The number of hydrogen-bond donors (Lipinski definition) is 1. The number of hydrogen-bond acceptors (Lipinski definition) is 5. The number of esters is 1. The van der Waals surface area contributed by atoms with Crippen LogP contribution in [0.1, 0.15) is 23.0 Å². The molecule has 0 amide bonds. The van der Waals surface area contributed by atoms with Crippen LogP contribution in [0.3, 0.4) is 0 Å². The zero-order valence-electron chi connectivity index (χ0n) is 9.32. The number of carbonyl (C=O) groups is 1. The zero-order valence-corrected chi connectivity index (χ0v) is 9.32. The standard InChI is InChI=1S/C11H14N2O3/c1-4-16-7(2)10-5-9(12)8(6-13-10)11(14)15-3/h5-6H,2,4H2,1,3H3,(H2,12,13). The Morgan fingerprint density at radius 1 is 1.62 bits per heavy atom. The number of nitrogens with zero attached hydrogens (tertiary/aromatic N) is 1. The van der Waals surface area contributed by atoms with E-state index in [9.17, 15) is 4.79 Å². The quantitative estimate of drug-likeness (QED) is 0.616. The first kappa shape index (κ1) is 12.0. The fraction of sp³-hybridized carbons (Fsp3) is 0.273. The van der Waals surface area contributed by atoms with Gasteiger partial charge in [0.05, 0.1) is 13.7 Å². The molecule has 0 aliphatic heterocycles. The van der Waals surface area contributed by atoms with Gasteiger partial charge < -0.3 is 15.2 Å². The van der Waals surface area contributed by atoms with Crippen molar-refractivity contribution in [1.29, 1.82) is 0 Å². The van der Waals surface area contributed by atoms with Crippen molar-refractivity contribution in [1.82, 2.24) is 4.98 Å². The molecule has 1 aromatic rings. The Bertz CT molecular complexity index is 416. The molecule has 0 aromatic carbocycles. The zero-order chi connectivity index (χ0) is 12.1. The van der Waals surface area contributed by atoms with Crippen molar-refractivity contribution >= 4 is 17.4 Å². The summed E-state index contributed by atoms with van der Waals surface area (Å²) in [4.78, 5) is 15.3. The van der Waals surface area contributed by atoms with Gasteiger partial charge >= 0.3 is 5.97 Å². The third kappa shape index (κ3) is 2.50. The number of anilines is 1. The number of methoxy groups -OCH3 is 1. The molecule has 0 bridgehead atoms. The fourth-order valence-corrected chi connectivity index (χ4v) is 1.15. The molecule has 0 atom stereocenters. The van der Waals surface area contributed by atoms with Crippen LogP contribution < -0.4 is 5.73 Å². The summed E-state index contributed by atoms with van der Waals surface area (Å²) in [5, 5.41) is 0. The van der Waals surface area contributed by atoms with Gasteiger partial charge in [-0.1, -0.05) is 6.58 Å². The molecule has 2 N–H and O–H groups in total. The van der Waals surface area contributed by atoms with E-state index in [1.54, 1.807) is 0 Å². The summed E-state index contributed by atoms with van der Waals surface area (Å²) in [6.07, 6.45) is 1.35. The fourth-order valence-electron chi connectivity index (χ4n) is 1.15. The Hall–Kier alpha value is -2.04. The van der Waals surface area contributed by atoms with E-state index in [1.807, 2.05) is 6.92 Å². The second-order valence-corrected chi connectivity index (χ2v) is 3.00. The van der Waals surface area contributed by atoms with Crippen LogP contribution in [0.5, 0.6) is 0 Å². The second-order valence-electron chi connectivity index (χ2n) is 3.00. The normalized spacial score (nSPS) is 9.62. The van der Waals surface area contributed by atoms with Crippen LogP contribution in [0.25, 0.3) is 5.76 Å². The summed E-state index contributed by atoms with van der Waals surface area (Å²) >= 11 is 0. The number of ether oxygens (including phenoxy) is 2. The van der Waals surface area contributed by atoms with Gasteiger partial charge in [0.2, 0.25) is 0 Å². The van der Waals surface area contributed by atoms with E-state index in [-0.39, 0.29) is 11.3 Å². The monoisotopic (exact) mass is 222 g/mol. The molecule has 0 radical (unpaired) electrons. The van der Waals surface area contributed by atoms with Gasteiger partial charge in [0.15, 0.2) is 0 Å².